The van der Waals surface area contributed by atoms with E-state index in [-0.39, 0.29) is 0 Å². The lowest BCUT2D eigenvalue weighted by molar-refractivity contribution is 0.128. The molecule has 1 N–H and O–H groups in total. The first-order valence-corrected chi connectivity index (χ1v) is 7.76. The average Bonchev–Trinajstić information content (AvgIpc) is 2.47. The van der Waals surface area contributed by atoms with Gasteiger partial charge in [0, 0.05) is 12.6 Å². The van der Waals surface area contributed by atoms with Crippen LogP contribution in [0, 0.1) is 5.92 Å². The first kappa shape index (κ1) is 14.5. The van der Waals surface area contributed by atoms with Crippen LogP contribution in [0.2, 0.25) is 0 Å². The molecule has 0 radical (unpaired) electrons. The molecule has 1 saturated heterocycles. The molecule has 0 aliphatic carbocycles. The highest BCUT2D eigenvalue weighted by molar-refractivity contribution is 5.15. The molecule has 2 rings (SSSR count). The highest BCUT2D eigenvalue weighted by Gasteiger charge is 2.23. The maximum Gasteiger partial charge on any atom is 0.0217 e. The van der Waals surface area contributed by atoms with Gasteiger partial charge < -0.3 is 5.32 Å². The van der Waals surface area contributed by atoms with Crippen LogP contribution < -0.4 is 5.32 Å². The minimum Gasteiger partial charge on any atom is -0.318 e. The lowest BCUT2D eigenvalue weighted by atomic mass is 9.89. The second kappa shape index (κ2) is 7.66. The molecule has 1 atom stereocenters. The van der Waals surface area contributed by atoms with Crippen molar-refractivity contribution < 1.29 is 0 Å². The predicted octanol–water partition coefficient (Wildman–Crippen LogP) is 2.94. The summed E-state index contributed by atoms with van der Waals surface area (Å²) in [5.74, 6) is 0.880. The van der Waals surface area contributed by atoms with Crippen LogP contribution >= 0.6 is 0 Å². The second-order valence-electron chi connectivity index (χ2n) is 5.79. The number of nitrogens with one attached hydrogen (secondary N) is 1. The molecule has 19 heavy (non-hydrogen) atoms. The number of likely N-dealkylation sites (N-methyl/N-ethyl adjacent to an activating group) is 1. The lowest BCUT2D eigenvalue weighted by Crippen LogP contribution is -2.45. The summed E-state index contributed by atoms with van der Waals surface area (Å²) < 4.78 is 0. The van der Waals surface area contributed by atoms with Gasteiger partial charge in [-0.05, 0) is 57.3 Å². The van der Waals surface area contributed by atoms with Crippen molar-refractivity contribution in [3.63, 3.8) is 0 Å². The van der Waals surface area contributed by atoms with Gasteiger partial charge in [-0.15, -0.1) is 0 Å². The van der Waals surface area contributed by atoms with Gasteiger partial charge in [-0.3, -0.25) is 4.90 Å². The van der Waals surface area contributed by atoms with E-state index in [4.69, 9.17) is 0 Å². The molecule has 2 heteroatoms. The number of rotatable bonds is 6. The Hall–Kier alpha value is -0.860. The average molecular weight is 260 g/mol. The number of benzene rings is 1. The predicted molar refractivity (Wildman–Crippen MR) is 82.4 cm³/mol. The zero-order valence-electron chi connectivity index (χ0n) is 12.4. The molecule has 0 bridgehead atoms. The fraction of sp³-hybridized carbons (Fsp3) is 0.647. The summed E-state index contributed by atoms with van der Waals surface area (Å²) >= 11 is 0. The van der Waals surface area contributed by atoms with Crippen LogP contribution in [-0.4, -0.2) is 37.6 Å². The Labute approximate surface area is 118 Å². The van der Waals surface area contributed by atoms with Crippen molar-refractivity contribution in [2.45, 2.75) is 38.6 Å². The molecule has 1 aliphatic heterocycles. The Morgan fingerprint density at radius 2 is 1.89 bits per heavy atom. The number of nitrogens with zero attached hydrogens (tertiary/aromatic N) is 1. The number of hydrogen-bond donors (Lipinski definition) is 1. The maximum absolute atomic E-state index is 3.33. The van der Waals surface area contributed by atoms with E-state index in [0.717, 1.165) is 18.5 Å². The van der Waals surface area contributed by atoms with Gasteiger partial charge in [0.05, 0.1) is 0 Å². The van der Waals surface area contributed by atoms with Crippen molar-refractivity contribution in [3.05, 3.63) is 35.9 Å². The molecule has 1 fully saturated rings. The van der Waals surface area contributed by atoms with E-state index in [1.807, 2.05) is 0 Å². The van der Waals surface area contributed by atoms with Crippen molar-refractivity contribution >= 4 is 0 Å². The van der Waals surface area contributed by atoms with E-state index >= 15 is 0 Å². The largest absolute Gasteiger partial charge is 0.318 e. The van der Waals surface area contributed by atoms with E-state index < -0.39 is 0 Å². The van der Waals surface area contributed by atoms with Gasteiger partial charge in [-0.25, -0.2) is 0 Å². The van der Waals surface area contributed by atoms with Crippen molar-refractivity contribution in [2.75, 3.05) is 26.7 Å². The highest BCUT2D eigenvalue weighted by Crippen LogP contribution is 2.23. The van der Waals surface area contributed by atoms with Crippen LogP contribution in [0.1, 0.15) is 31.7 Å². The van der Waals surface area contributed by atoms with Gasteiger partial charge in [0.25, 0.3) is 0 Å². The molecule has 106 valence electrons. The molecule has 1 aromatic rings. The minimum absolute atomic E-state index is 0.725. The summed E-state index contributed by atoms with van der Waals surface area (Å²) in [5.41, 5.74) is 1.50. The monoisotopic (exact) mass is 260 g/mol. The molecule has 1 heterocycles. The molecule has 0 saturated carbocycles. The van der Waals surface area contributed by atoms with Crippen LogP contribution in [0.4, 0.5) is 0 Å². The fourth-order valence-electron chi connectivity index (χ4n) is 3.24. The minimum atomic E-state index is 0.725. The number of likely N-dealkylation sites (tertiary alicyclic amines) is 1. The Bertz CT molecular complexity index is 342. The lowest BCUT2D eigenvalue weighted by Gasteiger charge is -2.37. The smallest absolute Gasteiger partial charge is 0.0217 e. The van der Waals surface area contributed by atoms with E-state index in [1.54, 1.807) is 0 Å². The third kappa shape index (κ3) is 4.32. The van der Waals surface area contributed by atoms with Gasteiger partial charge in [-0.2, -0.15) is 0 Å². The van der Waals surface area contributed by atoms with Gasteiger partial charge in [-0.1, -0.05) is 37.3 Å². The van der Waals surface area contributed by atoms with E-state index in [9.17, 15) is 0 Å². The number of piperidine rings is 1. The fourth-order valence-corrected chi connectivity index (χ4v) is 3.24. The first-order valence-electron chi connectivity index (χ1n) is 7.76. The highest BCUT2D eigenvalue weighted by atomic mass is 15.2. The summed E-state index contributed by atoms with van der Waals surface area (Å²) in [5, 5.41) is 3.33. The molecular weight excluding hydrogens is 232 g/mol. The van der Waals surface area contributed by atoms with E-state index in [0.29, 0.717) is 0 Å². The summed E-state index contributed by atoms with van der Waals surface area (Å²) in [6.45, 7) is 5.98. The molecule has 0 aromatic heterocycles. The molecule has 0 amide bonds. The number of hydrogen-bond acceptors (Lipinski definition) is 2. The Kier molecular flexibility index (Phi) is 5.87. The zero-order valence-corrected chi connectivity index (χ0v) is 12.4. The summed E-state index contributed by atoms with van der Waals surface area (Å²) in [6.07, 6.45) is 5.23. The van der Waals surface area contributed by atoms with Crippen molar-refractivity contribution in [1.29, 1.82) is 0 Å². The molecule has 0 spiro atoms. The van der Waals surface area contributed by atoms with Crippen molar-refractivity contribution in [1.82, 2.24) is 10.2 Å². The van der Waals surface area contributed by atoms with Crippen LogP contribution in [0.3, 0.4) is 0 Å². The third-order valence-electron chi connectivity index (χ3n) is 4.44. The maximum atomic E-state index is 3.33. The third-order valence-corrected chi connectivity index (χ3v) is 4.44. The molecule has 2 nitrogen and oxygen atoms in total. The van der Waals surface area contributed by atoms with Gasteiger partial charge >= 0.3 is 0 Å². The summed E-state index contributed by atoms with van der Waals surface area (Å²) in [6, 6.07) is 11.7. The molecule has 1 aromatic carbocycles. The van der Waals surface area contributed by atoms with Gasteiger partial charge in [0.1, 0.15) is 0 Å². The Morgan fingerprint density at radius 3 is 2.47 bits per heavy atom. The molecule has 1 unspecified atom stereocenters. The normalized spacial score (nSPS) is 19.5. The van der Waals surface area contributed by atoms with Gasteiger partial charge in [0.2, 0.25) is 0 Å². The molecule has 1 aliphatic rings. The summed E-state index contributed by atoms with van der Waals surface area (Å²) in [7, 11) is 2.06. The topological polar surface area (TPSA) is 15.3 Å². The first-order chi connectivity index (χ1) is 9.33. The Morgan fingerprint density at radius 1 is 1.21 bits per heavy atom. The van der Waals surface area contributed by atoms with Crippen LogP contribution in [0.5, 0.6) is 0 Å². The van der Waals surface area contributed by atoms with Crippen molar-refractivity contribution in [2.24, 2.45) is 5.92 Å². The van der Waals surface area contributed by atoms with Crippen molar-refractivity contribution in [3.8, 4) is 0 Å². The van der Waals surface area contributed by atoms with E-state index in [2.05, 4.69) is 54.5 Å². The Balaban J connectivity index is 1.79. The quantitative estimate of drug-likeness (QED) is 0.846. The van der Waals surface area contributed by atoms with Crippen LogP contribution in [0.15, 0.2) is 30.3 Å². The SMILES string of the molecule is CCC(CNC)N1CCC(Cc2ccccc2)CC1. The zero-order chi connectivity index (χ0) is 13.5. The van der Waals surface area contributed by atoms with Crippen LogP contribution in [-0.2, 0) is 6.42 Å². The van der Waals surface area contributed by atoms with E-state index in [1.165, 1.54) is 44.3 Å². The second-order valence-corrected chi connectivity index (χ2v) is 5.79. The van der Waals surface area contributed by atoms with Gasteiger partial charge in [0.15, 0.2) is 0 Å². The standard InChI is InChI=1S/C17H28N2/c1-3-17(14-18-2)19-11-9-16(10-12-19)13-15-7-5-4-6-8-15/h4-8,16-18H,3,9-14H2,1-2H3. The summed E-state index contributed by atoms with van der Waals surface area (Å²) in [4.78, 5) is 2.68. The molecular formula is C17H28N2. The van der Waals surface area contributed by atoms with Crippen LogP contribution in [0.25, 0.3) is 0 Å².